The summed E-state index contributed by atoms with van der Waals surface area (Å²) in [5, 5.41) is 16.0. The largest absolute Gasteiger partial charge is 0.478 e. The molecule has 14 heteroatoms. The Bertz CT molecular complexity index is 1730. The van der Waals surface area contributed by atoms with Crippen molar-refractivity contribution in [1.29, 1.82) is 0 Å². The molecule has 0 spiro atoms. The van der Waals surface area contributed by atoms with E-state index in [1.807, 2.05) is 52.8 Å². The van der Waals surface area contributed by atoms with Gasteiger partial charge in [-0.25, -0.2) is 27.7 Å². The van der Waals surface area contributed by atoms with Gasteiger partial charge in [-0.05, 0) is 88.6 Å². The Hall–Kier alpha value is -3.94. The molecule has 0 bridgehead atoms. The van der Waals surface area contributed by atoms with Crippen molar-refractivity contribution in [1.82, 2.24) is 20.6 Å². The zero-order chi connectivity index (χ0) is 35.4. The van der Waals surface area contributed by atoms with Gasteiger partial charge in [-0.1, -0.05) is 45.0 Å². The number of nitrogens with one attached hydrogen (secondary N) is 3. The smallest absolute Gasteiger partial charge is 0.407 e. The average Bonchev–Trinajstić information content (AvgIpc) is 2.92. The standard InChI is InChI=1S/C35H47N5O7S.ClH/c1-21-11-9-12-22(2)30(21)28-18-29(39-32(38-28)40-48(44,45)27-14-10-13-23(15-27)31(41)42)46-20-26(19-34(3,4)5)36-24-16-25(17-24)37-33(43)47-35(6,7)8;/h9-15,18,24-26,36H,16-17,19-20H2,1-8H3,(H,37,43)(H,41,42)(H,38,39,40);1H/t24?,25?,26-;/m1./s1. The minimum absolute atomic E-state index is 0. The highest BCUT2D eigenvalue weighted by Gasteiger charge is 2.34. The van der Waals surface area contributed by atoms with Gasteiger partial charge in [-0.2, -0.15) is 4.98 Å². The molecule has 1 amide bonds. The summed E-state index contributed by atoms with van der Waals surface area (Å²) in [5.74, 6) is -1.27. The Morgan fingerprint density at radius 3 is 2.18 bits per heavy atom. The molecule has 12 nitrogen and oxygen atoms in total. The topological polar surface area (TPSA) is 169 Å². The van der Waals surface area contributed by atoms with E-state index < -0.39 is 27.7 Å². The summed E-state index contributed by atoms with van der Waals surface area (Å²) in [6, 6.07) is 12.7. The number of aromatic carboxylic acids is 1. The third kappa shape index (κ3) is 11.6. The number of aryl methyl sites for hydroxylation is 2. The highest BCUT2D eigenvalue weighted by atomic mass is 35.5. The molecule has 1 heterocycles. The molecule has 0 unspecified atom stereocenters. The van der Waals surface area contributed by atoms with E-state index in [4.69, 9.17) is 9.47 Å². The van der Waals surface area contributed by atoms with E-state index in [0.717, 1.165) is 42.0 Å². The normalized spacial score (nSPS) is 16.8. The highest BCUT2D eigenvalue weighted by Crippen LogP contribution is 2.30. The number of carbonyl (C=O) groups excluding carboxylic acids is 1. The molecule has 1 aliphatic carbocycles. The maximum Gasteiger partial charge on any atom is 0.407 e. The van der Waals surface area contributed by atoms with E-state index in [1.54, 1.807) is 6.07 Å². The lowest BCUT2D eigenvalue weighted by Crippen LogP contribution is -2.56. The maximum absolute atomic E-state index is 13.3. The Labute approximate surface area is 295 Å². The van der Waals surface area contributed by atoms with Crippen molar-refractivity contribution in [3.05, 3.63) is 65.2 Å². The second-order valence-electron chi connectivity index (χ2n) is 14.6. The molecule has 268 valence electrons. The summed E-state index contributed by atoms with van der Waals surface area (Å²) >= 11 is 0. The molecule has 3 aromatic rings. The van der Waals surface area contributed by atoms with Crippen molar-refractivity contribution in [3.8, 4) is 17.1 Å². The monoisotopic (exact) mass is 717 g/mol. The van der Waals surface area contributed by atoms with Crippen molar-refractivity contribution >= 4 is 40.4 Å². The lowest BCUT2D eigenvalue weighted by atomic mass is 9.84. The Kier molecular flexibility index (Phi) is 12.7. The predicted molar refractivity (Wildman–Crippen MR) is 191 cm³/mol. The molecule has 0 aliphatic heterocycles. The van der Waals surface area contributed by atoms with Crippen LogP contribution in [0.2, 0.25) is 0 Å². The number of carboxylic acid groups (broad SMARTS) is 1. The first-order chi connectivity index (χ1) is 22.3. The lowest BCUT2D eigenvalue weighted by Gasteiger charge is -2.40. The zero-order valence-electron chi connectivity index (χ0n) is 29.3. The van der Waals surface area contributed by atoms with Gasteiger partial charge in [0.25, 0.3) is 10.0 Å². The SMILES string of the molecule is Cc1cccc(C)c1-c1cc(OC[C@@H](CC(C)(C)C)NC2CC(NC(=O)OC(C)(C)C)C2)nc(NS(=O)(=O)c2cccc(C(=O)O)c2)n1.Cl. The quantitative estimate of drug-likeness (QED) is 0.162. The Balaban J connectivity index is 0.00000650. The molecular formula is C35H48ClN5O7S. The lowest BCUT2D eigenvalue weighted by molar-refractivity contribution is 0.0457. The second-order valence-corrected chi connectivity index (χ2v) is 16.3. The molecule has 4 rings (SSSR count). The van der Waals surface area contributed by atoms with Crippen LogP contribution in [0.4, 0.5) is 10.7 Å². The van der Waals surface area contributed by atoms with E-state index >= 15 is 0 Å². The molecule has 1 aliphatic rings. The summed E-state index contributed by atoms with van der Waals surface area (Å²) in [4.78, 5) is 32.4. The number of benzene rings is 2. The minimum atomic E-state index is -4.24. The molecule has 1 fully saturated rings. The number of alkyl carbamates (subject to hydrolysis) is 1. The van der Waals surface area contributed by atoms with Crippen molar-refractivity contribution < 1.29 is 32.6 Å². The predicted octanol–water partition coefficient (Wildman–Crippen LogP) is 6.51. The fourth-order valence-electron chi connectivity index (χ4n) is 5.64. The number of rotatable bonds is 12. The van der Waals surface area contributed by atoms with E-state index in [-0.39, 0.29) is 64.8 Å². The zero-order valence-corrected chi connectivity index (χ0v) is 30.9. The first-order valence-electron chi connectivity index (χ1n) is 16.0. The number of anilines is 1. The van der Waals surface area contributed by atoms with Crippen LogP contribution in [-0.2, 0) is 14.8 Å². The van der Waals surface area contributed by atoms with Gasteiger partial charge in [0.1, 0.15) is 12.2 Å². The summed E-state index contributed by atoms with van der Waals surface area (Å²) in [6.45, 7) is 16.1. The van der Waals surface area contributed by atoms with E-state index in [2.05, 4.69) is 46.1 Å². The average molecular weight is 718 g/mol. The number of nitrogens with zero attached hydrogens (tertiary/aromatic N) is 2. The van der Waals surface area contributed by atoms with Crippen LogP contribution in [0.1, 0.15) is 82.3 Å². The molecule has 1 atom stereocenters. The summed E-state index contributed by atoms with van der Waals surface area (Å²) in [5.41, 5.74) is 2.42. The molecule has 49 heavy (non-hydrogen) atoms. The first-order valence-corrected chi connectivity index (χ1v) is 17.5. The van der Waals surface area contributed by atoms with E-state index in [1.165, 1.54) is 18.2 Å². The van der Waals surface area contributed by atoms with E-state index in [9.17, 15) is 23.1 Å². The fraction of sp³-hybridized carbons (Fsp3) is 0.486. The van der Waals surface area contributed by atoms with Gasteiger partial charge < -0.3 is 25.2 Å². The van der Waals surface area contributed by atoms with Crippen LogP contribution in [-0.4, -0.2) is 65.9 Å². The van der Waals surface area contributed by atoms with Gasteiger partial charge in [0.2, 0.25) is 11.8 Å². The number of amides is 1. The van der Waals surface area contributed by atoms with Gasteiger partial charge in [-0.3, -0.25) is 0 Å². The fourth-order valence-corrected chi connectivity index (χ4v) is 6.63. The van der Waals surface area contributed by atoms with Crippen LogP contribution in [0, 0.1) is 19.3 Å². The van der Waals surface area contributed by atoms with Crippen LogP contribution in [0.25, 0.3) is 11.3 Å². The third-order valence-electron chi connectivity index (χ3n) is 7.68. The maximum atomic E-state index is 13.3. The van der Waals surface area contributed by atoms with Crippen molar-refractivity contribution in [2.75, 3.05) is 11.3 Å². The number of aromatic nitrogens is 2. The van der Waals surface area contributed by atoms with Gasteiger partial charge in [0.15, 0.2) is 0 Å². The van der Waals surface area contributed by atoms with Crippen LogP contribution in [0.15, 0.2) is 53.4 Å². The number of carbonyl (C=O) groups is 2. The van der Waals surface area contributed by atoms with Gasteiger partial charge in [0.05, 0.1) is 16.2 Å². The van der Waals surface area contributed by atoms with Crippen molar-refractivity contribution in [2.45, 2.75) is 103 Å². The Morgan fingerprint density at radius 1 is 0.959 bits per heavy atom. The van der Waals surface area contributed by atoms with Crippen LogP contribution in [0.5, 0.6) is 5.88 Å². The molecule has 0 radical (unpaired) electrons. The summed E-state index contributed by atoms with van der Waals surface area (Å²) < 4.78 is 40.8. The summed E-state index contributed by atoms with van der Waals surface area (Å²) in [7, 11) is -4.24. The second kappa shape index (κ2) is 15.7. The first kappa shape index (κ1) is 39.5. The number of ether oxygens (including phenoxy) is 2. The van der Waals surface area contributed by atoms with Crippen molar-refractivity contribution in [2.24, 2.45) is 5.41 Å². The molecular weight excluding hydrogens is 670 g/mol. The highest BCUT2D eigenvalue weighted by molar-refractivity contribution is 7.92. The molecule has 4 N–H and O–H groups in total. The molecule has 2 aromatic carbocycles. The van der Waals surface area contributed by atoms with Crippen LogP contribution >= 0.6 is 12.4 Å². The summed E-state index contributed by atoms with van der Waals surface area (Å²) in [6.07, 6.45) is 1.85. The van der Waals surface area contributed by atoms with Gasteiger partial charge >= 0.3 is 12.1 Å². The molecule has 1 saturated carbocycles. The van der Waals surface area contributed by atoms with Crippen molar-refractivity contribution in [3.63, 3.8) is 0 Å². The van der Waals surface area contributed by atoms with Crippen LogP contribution < -0.4 is 20.1 Å². The molecule has 0 saturated heterocycles. The number of sulfonamides is 1. The molecule has 1 aromatic heterocycles. The third-order valence-corrected chi connectivity index (χ3v) is 9.00. The minimum Gasteiger partial charge on any atom is -0.478 e. The number of hydrogen-bond acceptors (Lipinski definition) is 9. The number of carboxylic acids is 1. The number of hydrogen-bond donors (Lipinski definition) is 4. The van der Waals surface area contributed by atoms with E-state index in [0.29, 0.717) is 5.69 Å². The number of halogens is 1. The Morgan fingerprint density at radius 2 is 1.59 bits per heavy atom. The van der Waals surface area contributed by atoms with Gasteiger partial charge in [0, 0.05) is 29.8 Å². The van der Waals surface area contributed by atoms with Crippen LogP contribution in [0.3, 0.4) is 0 Å². The van der Waals surface area contributed by atoms with Gasteiger partial charge in [-0.15, -0.1) is 12.4 Å².